The summed E-state index contributed by atoms with van der Waals surface area (Å²) in [4.78, 5) is 38.4. The maximum atomic E-state index is 12.9. The first kappa shape index (κ1) is 76.4. The molecule has 0 amide bonds. The predicted molar refractivity (Wildman–Crippen MR) is 344 cm³/mol. The van der Waals surface area contributed by atoms with Gasteiger partial charge in [0, 0.05) is 19.3 Å². The molecule has 0 aliphatic carbocycles. The molecule has 0 spiro atoms. The summed E-state index contributed by atoms with van der Waals surface area (Å²) in [5.74, 6) is -0.852. The minimum Gasteiger partial charge on any atom is -0.462 e. The van der Waals surface area contributed by atoms with Crippen LogP contribution in [0.4, 0.5) is 0 Å². The van der Waals surface area contributed by atoms with E-state index < -0.39 is 6.10 Å². The average molecular weight is 1110 g/mol. The van der Waals surface area contributed by atoms with Gasteiger partial charge in [-0.2, -0.15) is 0 Å². The zero-order chi connectivity index (χ0) is 57.1. The van der Waals surface area contributed by atoms with E-state index in [1.54, 1.807) is 0 Å². The van der Waals surface area contributed by atoms with Gasteiger partial charge in [-0.05, 0) is 83.5 Å². The largest absolute Gasteiger partial charge is 0.462 e. The van der Waals surface area contributed by atoms with Crippen LogP contribution < -0.4 is 0 Å². The molecule has 0 aromatic rings. The number of carbonyl (C=O) groups excluding carboxylic acids is 3. The van der Waals surface area contributed by atoms with Crippen molar-refractivity contribution in [3.05, 3.63) is 48.6 Å². The van der Waals surface area contributed by atoms with Gasteiger partial charge < -0.3 is 14.2 Å². The molecule has 6 heteroatoms. The molecule has 0 N–H and O–H groups in total. The molecule has 1 atom stereocenters. The molecule has 462 valence electrons. The first-order valence-corrected chi connectivity index (χ1v) is 35.1. The van der Waals surface area contributed by atoms with E-state index in [0.717, 1.165) is 77.0 Å². The summed E-state index contributed by atoms with van der Waals surface area (Å²) in [6, 6.07) is 0. The summed E-state index contributed by atoms with van der Waals surface area (Å²) in [5.41, 5.74) is 0. The maximum absolute atomic E-state index is 12.9. The van der Waals surface area contributed by atoms with Crippen LogP contribution >= 0.6 is 0 Å². The summed E-state index contributed by atoms with van der Waals surface area (Å²) in [7, 11) is 0. The van der Waals surface area contributed by atoms with Gasteiger partial charge in [-0.15, -0.1) is 0 Å². The van der Waals surface area contributed by atoms with Gasteiger partial charge in [0.05, 0.1) is 0 Å². The molecule has 0 bridgehead atoms. The van der Waals surface area contributed by atoms with Gasteiger partial charge in [0.25, 0.3) is 0 Å². The fraction of sp³-hybridized carbons (Fsp3) is 0.849. The normalized spacial score (nSPS) is 12.3. The molecular weight excluding hydrogens is 973 g/mol. The zero-order valence-corrected chi connectivity index (χ0v) is 53.2. The lowest BCUT2D eigenvalue weighted by Crippen LogP contribution is -2.30. The lowest BCUT2D eigenvalue weighted by atomic mass is 10.0. The van der Waals surface area contributed by atoms with E-state index in [-0.39, 0.29) is 31.1 Å². The fourth-order valence-corrected chi connectivity index (χ4v) is 10.5. The Morgan fingerprint density at radius 3 is 0.722 bits per heavy atom. The quantitative estimate of drug-likeness (QED) is 0.0261. The smallest absolute Gasteiger partial charge is 0.306 e. The summed E-state index contributed by atoms with van der Waals surface area (Å²) < 4.78 is 17.0. The van der Waals surface area contributed by atoms with Gasteiger partial charge in [-0.1, -0.05) is 326 Å². The fourth-order valence-electron chi connectivity index (χ4n) is 10.5. The van der Waals surface area contributed by atoms with Crippen LogP contribution in [-0.4, -0.2) is 37.2 Å². The Balaban J connectivity index is 4.26. The van der Waals surface area contributed by atoms with E-state index in [9.17, 15) is 14.4 Å². The van der Waals surface area contributed by atoms with Gasteiger partial charge >= 0.3 is 17.9 Å². The molecule has 0 saturated carbocycles. The number of unbranched alkanes of at least 4 members (excludes halogenated alkanes) is 46. The second kappa shape index (κ2) is 67.9. The van der Waals surface area contributed by atoms with Gasteiger partial charge in [0.15, 0.2) is 6.10 Å². The van der Waals surface area contributed by atoms with E-state index in [0.29, 0.717) is 19.3 Å². The molecule has 79 heavy (non-hydrogen) atoms. The Morgan fingerprint density at radius 2 is 0.456 bits per heavy atom. The SMILES string of the molecule is CCCCC/C=C\C/C=C\CCCCCCCCCC(=O)OC(COC(=O)CCCCCCCCCCCCCCCCC/C=C\C/C=C\CCCCCCC)COC(=O)CCCCCCCCCCCCCCCCCCC. The summed E-state index contributed by atoms with van der Waals surface area (Å²) in [6.07, 6.45) is 85.6. The minimum absolute atomic E-state index is 0.0714. The van der Waals surface area contributed by atoms with Crippen LogP contribution in [0.3, 0.4) is 0 Å². The van der Waals surface area contributed by atoms with Crippen LogP contribution in [0.5, 0.6) is 0 Å². The Hall–Kier alpha value is -2.63. The van der Waals surface area contributed by atoms with E-state index in [1.165, 1.54) is 263 Å². The monoisotopic (exact) mass is 1110 g/mol. The maximum Gasteiger partial charge on any atom is 0.306 e. The van der Waals surface area contributed by atoms with E-state index in [2.05, 4.69) is 69.4 Å². The predicted octanol–water partition coefficient (Wildman–Crippen LogP) is 24.1. The Labute approximate surface area is 492 Å². The van der Waals surface area contributed by atoms with Gasteiger partial charge in [-0.25, -0.2) is 0 Å². The summed E-state index contributed by atoms with van der Waals surface area (Å²) in [5, 5.41) is 0. The van der Waals surface area contributed by atoms with Crippen LogP contribution in [0.15, 0.2) is 48.6 Å². The zero-order valence-electron chi connectivity index (χ0n) is 53.2. The standard InChI is InChI=1S/C73H134O6/c1-4-7-10-13-16-19-22-25-28-31-32-33-34-35-36-37-38-39-40-43-45-48-51-54-57-60-63-66-72(75)78-69-70(79-73(76)67-64-61-58-55-52-49-46-42-30-27-24-21-18-15-12-9-6-3)68-77-71(74)65-62-59-56-53-50-47-44-41-29-26-23-20-17-14-11-8-5-2/h18,21-22,25,27,30-32,70H,4-17,19-20,23-24,26,28-29,33-69H2,1-3H3/b21-18-,25-22-,30-27-,32-31-. The third-order valence-electron chi connectivity index (χ3n) is 15.8. The Morgan fingerprint density at radius 1 is 0.253 bits per heavy atom. The molecule has 0 heterocycles. The van der Waals surface area contributed by atoms with Crippen molar-refractivity contribution in [2.24, 2.45) is 0 Å². The third-order valence-corrected chi connectivity index (χ3v) is 15.8. The van der Waals surface area contributed by atoms with Crippen molar-refractivity contribution < 1.29 is 28.6 Å². The van der Waals surface area contributed by atoms with Crippen molar-refractivity contribution in [1.29, 1.82) is 0 Å². The van der Waals surface area contributed by atoms with Crippen molar-refractivity contribution in [3.8, 4) is 0 Å². The molecule has 0 radical (unpaired) electrons. The molecule has 0 aromatic heterocycles. The average Bonchev–Trinajstić information content (AvgIpc) is 3.45. The molecular formula is C73H134O6. The lowest BCUT2D eigenvalue weighted by Gasteiger charge is -2.18. The molecule has 0 aliphatic rings. The molecule has 6 nitrogen and oxygen atoms in total. The van der Waals surface area contributed by atoms with Crippen molar-refractivity contribution in [3.63, 3.8) is 0 Å². The molecule has 0 saturated heterocycles. The number of allylic oxidation sites excluding steroid dienone is 8. The lowest BCUT2D eigenvalue weighted by molar-refractivity contribution is -0.167. The van der Waals surface area contributed by atoms with E-state index >= 15 is 0 Å². The molecule has 1 unspecified atom stereocenters. The number of rotatable bonds is 65. The van der Waals surface area contributed by atoms with E-state index in [1.807, 2.05) is 0 Å². The number of ether oxygens (including phenoxy) is 3. The van der Waals surface area contributed by atoms with Gasteiger partial charge in [-0.3, -0.25) is 14.4 Å². The highest BCUT2D eigenvalue weighted by Crippen LogP contribution is 2.18. The second-order valence-electron chi connectivity index (χ2n) is 23.8. The van der Waals surface area contributed by atoms with Crippen molar-refractivity contribution in [2.75, 3.05) is 13.2 Å². The van der Waals surface area contributed by atoms with Crippen molar-refractivity contribution in [1.82, 2.24) is 0 Å². The van der Waals surface area contributed by atoms with Crippen molar-refractivity contribution in [2.45, 2.75) is 386 Å². The topological polar surface area (TPSA) is 78.9 Å². The number of carbonyl (C=O) groups is 3. The van der Waals surface area contributed by atoms with Crippen LogP contribution in [-0.2, 0) is 28.6 Å². The Bertz CT molecular complexity index is 1360. The molecule has 0 aliphatic heterocycles. The van der Waals surface area contributed by atoms with Crippen molar-refractivity contribution >= 4 is 17.9 Å². The van der Waals surface area contributed by atoms with Gasteiger partial charge in [0.1, 0.15) is 13.2 Å². The summed E-state index contributed by atoms with van der Waals surface area (Å²) in [6.45, 7) is 6.67. The van der Waals surface area contributed by atoms with E-state index in [4.69, 9.17) is 14.2 Å². The number of esters is 3. The molecule has 0 aromatic carbocycles. The Kier molecular flexibility index (Phi) is 65.6. The molecule has 0 fully saturated rings. The van der Waals surface area contributed by atoms with Gasteiger partial charge in [0.2, 0.25) is 0 Å². The molecule has 0 rings (SSSR count). The third kappa shape index (κ3) is 66.1. The summed E-state index contributed by atoms with van der Waals surface area (Å²) >= 11 is 0. The van der Waals surface area contributed by atoms with Crippen LogP contribution in [0.1, 0.15) is 380 Å². The highest BCUT2D eigenvalue weighted by molar-refractivity contribution is 5.71. The highest BCUT2D eigenvalue weighted by Gasteiger charge is 2.19. The first-order valence-electron chi connectivity index (χ1n) is 35.1. The van der Waals surface area contributed by atoms with Crippen LogP contribution in [0, 0.1) is 0 Å². The second-order valence-corrected chi connectivity index (χ2v) is 23.8. The minimum atomic E-state index is -0.776. The highest BCUT2D eigenvalue weighted by atomic mass is 16.6. The number of hydrogen-bond acceptors (Lipinski definition) is 6. The van der Waals surface area contributed by atoms with Crippen LogP contribution in [0.25, 0.3) is 0 Å². The first-order chi connectivity index (χ1) is 39.0. The number of hydrogen-bond donors (Lipinski definition) is 0. The van der Waals surface area contributed by atoms with Crippen LogP contribution in [0.2, 0.25) is 0 Å².